The van der Waals surface area contributed by atoms with Crippen molar-refractivity contribution >= 4 is 11.3 Å². The molecule has 3 heteroatoms. The Kier molecular flexibility index (Phi) is 3.67. The van der Waals surface area contributed by atoms with E-state index >= 15 is 0 Å². The molecule has 1 atom stereocenters. The molecule has 2 nitrogen and oxygen atoms in total. The first-order chi connectivity index (χ1) is 9.34. The highest BCUT2D eigenvalue weighted by atomic mass is 32.1. The zero-order valence-corrected chi connectivity index (χ0v) is 12.2. The van der Waals surface area contributed by atoms with Gasteiger partial charge in [0.1, 0.15) is 5.01 Å². The number of fused-ring (bicyclic) bond motifs is 1. The van der Waals surface area contributed by atoms with Gasteiger partial charge in [-0.15, -0.1) is 11.3 Å². The highest BCUT2D eigenvalue weighted by Gasteiger charge is 2.37. The quantitative estimate of drug-likeness (QED) is 0.921. The average molecular weight is 272 g/mol. The Bertz CT molecular complexity index is 535. The van der Waals surface area contributed by atoms with E-state index in [1.807, 2.05) is 6.20 Å². The summed E-state index contributed by atoms with van der Waals surface area (Å²) in [6.07, 6.45) is 6.45. The number of aromatic nitrogens is 1. The lowest BCUT2D eigenvalue weighted by Gasteiger charge is -2.37. The third-order valence-electron chi connectivity index (χ3n) is 3.99. The monoisotopic (exact) mass is 272 g/mol. The van der Waals surface area contributed by atoms with E-state index in [0.29, 0.717) is 0 Å². The maximum atomic E-state index is 4.59. The molecule has 0 aliphatic heterocycles. The maximum absolute atomic E-state index is 4.59. The molecular weight excluding hydrogens is 252 g/mol. The van der Waals surface area contributed by atoms with Gasteiger partial charge >= 0.3 is 0 Å². The zero-order chi connectivity index (χ0) is 13.1. The van der Waals surface area contributed by atoms with Gasteiger partial charge in [0.25, 0.3) is 0 Å². The van der Waals surface area contributed by atoms with Crippen LogP contribution in [0.4, 0.5) is 0 Å². The molecule has 1 N–H and O–H groups in total. The summed E-state index contributed by atoms with van der Waals surface area (Å²) in [4.78, 5) is 4.59. The molecule has 1 aliphatic rings. The molecule has 0 saturated heterocycles. The summed E-state index contributed by atoms with van der Waals surface area (Å²) in [5.74, 6) is 0. The molecule has 1 aromatic carbocycles. The molecule has 0 radical (unpaired) electrons. The van der Waals surface area contributed by atoms with Crippen LogP contribution in [-0.4, -0.2) is 11.5 Å². The van der Waals surface area contributed by atoms with E-state index in [4.69, 9.17) is 0 Å². The van der Waals surface area contributed by atoms with E-state index in [1.165, 1.54) is 16.1 Å². The van der Waals surface area contributed by atoms with Crippen LogP contribution in [0.5, 0.6) is 0 Å². The number of nitrogens with one attached hydrogen (secondary N) is 1. The van der Waals surface area contributed by atoms with E-state index in [2.05, 4.69) is 46.9 Å². The number of thiazole rings is 1. The summed E-state index contributed by atoms with van der Waals surface area (Å²) in [7, 11) is 0. The molecule has 100 valence electrons. The Morgan fingerprint density at radius 1 is 1.32 bits per heavy atom. The van der Waals surface area contributed by atoms with Gasteiger partial charge < -0.3 is 5.32 Å². The fourth-order valence-electron chi connectivity index (χ4n) is 2.97. The highest BCUT2D eigenvalue weighted by molar-refractivity contribution is 7.09. The van der Waals surface area contributed by atoms with Crippen LogP contribution in [0.3, 0.4) is 0 Å². The summed E-state index contributed by atoms with van der Waals surface area (Å²) in [5, 5.41) is 7.11. The normalized spacial score (nSPS) is 22.2. The summed E-state index contributed by atoms with van der Waals surface area (Å²) >= 11 is 1.78. The first kappa shape index (κ1) is 12.8. The first-order valence-electron chi connectivity index (χ1n) is 7.06. The van der Waals surface area contributed by atoms with Crippen LogP contribution in [0, 0.1) is 0 Å². The highest BCUT2D eigenvalue weighted by Crippen LogP contribution is 2.37. The lowest BCUT2D eigenvalue weighted by Crippen LogP contribution is -2.47. The predicted octanol–water partition coefficient (Wildman–Crippen LogP) is 3.53. The van der Waals surface area contributed by atoms with Gasteiger partial charge in [-0.2, -0.15) is 0 Å². The SMILES string of the molecule is CCCNC1(c2nccs2)CCc2ccccc2C1. The fraction of sp³-hybridized carbons (Fsp3) is 0.438. The summed E-state index contributed by atoms with van der Waals surface area (Å²) in [5.41, 5.74) is 3.04. The van der Waals surface area contributed by atoms with Crippen molar-refractivity contribution in [3.05, 3.63) is 52.0 Å². The van der Waals surface area contributed by atoms with Crippen molar-refractivity contribution in [3.8, 4) is 0 Å². The van der Waals surface area contributed by atoms with Crippen molar-refractivity contribution < 1.29 is 0 Å². The minimum Gasteiger partial charge on any atom is -0.305 e. The minimum absolute atomic E-state index is 0.0541. The molecule has 3 rings (SSSR count). The molecule has 0 amide bonds. The van der Waals surface area contributed by atoms with Crippen molar-refractivity contribution in [2.24, 2.45) is 0 Å². The largest absolute Gasteiger partial charge is 0.305 e. The lowest BCUT2D eigenvalue weighted by atomic mass is 9.78. The summed E-state index contributed by atoms with van der Waals surface area (Å²) in [6.45, 7) is 3.28. The fourth-order valence-corrected chi connectivity index (χ4v) is 3.81. The van der Waals surface area contributed by atoms with Crippen molar-refractivity contribution in [3.63, 3.8) is 0 Å². The van der Waals surface area contributed by atoms with Gasteiger partial charge in [0.2, 0.25) is 0 Å². The van der Waals surface area contributed by atoms with E-state index in [0.717, 1.165) is 32.2 Å². The van der Waals surface area contributed by atoms with Crippen molar-refractivity contribution in [1.29, 1.82) is 0 Å². The smallest absolute Gasteiger partial charge is 0.113 e. The number of hydrogen-bond acceptors (Lipinski definition) is 3. The molecule has 0 saturated carbocycles. The molecular formula is C16H20N2S. The number of benzene rings is 1. The van der Waals surface area contributed by atoms with Crippen LogP contribution in [0.2, 0.25) is 0 Å². The third kappa shape index (κ3) is 2.45. The summed E-state index contributed by atoms with van der Waals surface area (Å²) < 4.78 is 0. The van der Waals surface area contributed by atoms with Crippen molar-refractivity contribution in [2.45, 2.75) is 38.1 Å². The molecule has 1 unspecified atom stereocenters. The van der Waals surface area contributed by atoms with E-state index < -0.39 is 0 Å². The second-order valence-corrected chi connectivity index (χ2v) is 6.19. The standard InChI is InChI=1S/C16H20N2S/c1-2-9-18-16(15-17-10-11-19-15)8-7-13-5-3-4-6-14(13)12-16/h3-6,10-11,18H,2,7-9,12H2,1H3. The Hall–Kier alpha value is -1.19. The lowest BCUT2D eigenvalue weighted by molar-refractivity contribution is 0.291. The van der Waals surface area contributed by atoms with Gasteiger partial charge in [-0.25, -0.2) is 4.98 Å². The molecule has 0 spiro atoms. The van der Waals surface area contributed by atoms with Gasteiger partial charge in [-0.05, 0) is 43.4 Å². The molecule has 2 aromatic rings. The molecule has 1 aromatic heterocycles. The van der Waals surface area contributed by atoms with Crippen molar-refractivity contribution in [1.82, 2.24) is 10.3 Å². The van der Waals surface area contributed by atoms with Crippen LogP contribution in [0.1, 0.15) is 35.9 Å². The number of rotatable bonds is 4. The van der Waals surface area contributed by atoms with E-state index in [1.54, 1.807) is 11.3 Å². The van der Waals surface area contributed by atoms with Crippen LogP contribution < -0.4 is 5.32 Å². The second kappa shape index (κ2) is 5.43. The topological polar surface area (TPSA) is 24.9 Å². The van der Waals surface area contributed by atoms with Crippen LogP contribution in [-0.2, 0) is 18.4 Å². The van der Waals surface area contributed by atoms with Crippen LogP contribution >= 0.6 is 11.3 Å². The van der Waals surface area contributed by atoms with Crippen LogP contribution in [0.15, 0.2) is 35.8 Å². The van der Waals surface area contributed by atoms with Crippen LogP contribution in [0.25, 0.3) is 0 Å². The summed E-state index contributed by atoms with van der Waals surface area (Å²) in [6, 6.07) is 8.83. The second-order valence-electron chi connectivity index (χ2n) is 5.29. The third-order valence-corrected chi connectivity index (χ3v) is 4.96. The van der Waals surface area contributed by atoms with E-state index in [-0.39, 0.29) is 5.54 Å². The number of nitrogens with zero attached hydrogens (tertiary/aromatic N) is 1. The minimum atomic E-state index is 0.0541. The zero-order valence-electron chi connectivity index (χ0n) is 11.4. The number of aryl methyl sites for hydroxylation is 1. The van der Waals surface area contributed by atoms with Gasteiger partial charge in [-0.1, -0.05) is 31.2 Å². The number of hydrogen-bond donors (Lipinski definition) is 1. The Morgan fingerprint density at radius 2 is 2.16 bits per heavy atom. The molecule has 1 aliphatic carbocycles. The van der Waals surface area contributed by atoms with Crippen molar-refractivity contribution in [2.75, 3.05) is 6.54 Å². The van der Waals surface area contributed by atoms with Gasteiger partial charge in [0.15, 0.2) is 0 Å². The molecule has 0 fully saturated rings. The Labute approximate surface area is 118 Å². The molecule has 0 bridgehead atoms. The van der Waals surface area contributed by atoms with Gasteiger partial charge in [0, 0.05) is 11.6 Å². The Balaban J connectivity index is 1.94. The van der Waals surface area contributed by atoms with Gasteiger partial charge in [0.05, 0.1) is 5.54 Å². The Morgan fingerprint density at radius 3 is 2.89 bits per heavy atom. The predicted molar refractivity (Wildman–Crippen MR) is 80.6 cm³/mol. The van der Waals surface area contributed by atoms with Gasteiger partial charge in [-0.3, -0.25) is 0 Å². The molecule has 19 heavy (non-hydrogen) atoms. The molecule has 1 heterocycles. The first-order valence-corrected chi connectivity index (χ1v) is 7.94. The average Bonchev–Trinajstić information content (AvgIpc) is 3.00. The maximum Gasteiger partial charge on any atom is 0.113 e. The van der Waals surface area contributed by atoms with E-state index in [9.17, 15) is 0 Å².